The van der Waals surface area contributed by atoms with Crippen LogP contribution in [0.25, 0.3) is 0 Å². The molecule has 66 valence electrons. The van der Waals surface area contributed by atoms with Crippen molar-refractivity contribution in [1.29, 1.82) is 0 Å². The topological polar surface area (TPSA) is 26.3 Å². The number of ether oxygens (including phenoxy) is 1. The average molecular weight is 229 g/mol. The molecule has 0 amide bonds. The zero-order valence-electron chi connectivity index (χ0n) is 8.30. The van der Waals surface area contributed by atoms with Crippen molar-refractivity contribution in [2.24, 2.45) is 0 Å². The van der Waals surface area contributed by atoms with Gasteiger partial charge in [0, 0.05) is 11.9 Å². The molecule has 2 nitrogen and oxygen atoms in total. The number of rotatable bonds is 1. The Bertz CT molecular complexity index is 320. The van der Waals surface area contributed by atoms with E-state index in [1.807, 2.05) is 0 Å². The van der Waals surface area contributed by atoms with E-state index in [1.54, 1.807) is 12.1 Å². The van der Waals surface area contributed by atoms with Gasteiger partial charge in [0.05, 0.1) is 5.02 Å². The van der Waals surface area contributed by atoms with E-state index >= 15 is 0 Å². The van der Waals surface area contributed by atoms with Crippen LogP contribution in [0.3, 0.4) is 0 Å². The van der Waals surface area contributed by atoms with Crippen molar-refractivity contribution in [3.05, 3.63) is 28.2 Å². The molecule has 0 unspecified atom stereocenters. The Morgan fingerprint density at radius 3 is 2.54 bits per heavy atom. The number of carbonyl (C=O) groups is 1. The monoisotopic (exact) mass is 228 g/mol. The first-order chi connectivity index (χ1) is 5.59. The second-order valence-corrected chi connectivity index (χ2v) is 3.01. The third-order valence-electron chi connectivity index (χ3n) is 1.15. The smallest absolute Gasteiger partial charge is 1.00 e. The van der Waals surface area contributed by atoms with Gasteiger partial charge in [-0.15, -0.1) is 0 Å². The number of hydrogen-bond donors (Lipinski definition) is 0. The molecule has 0 atom stereocenters. The summed E-state index contributed by atoms with van der Waals surface area (Å²) in [5.41, 5.74) is 0. The Morgan fingerprint density at radius 2 is 2.08 bits per heavy atom. The summed E-state index contributed by atoms with van der Waals surface area (Å²) in [4.78, 5) is 10.5. The van der Waals surface area contributed by atoms with Crippen molar-refractivity contribution in [3.8, 4) is 5.75 Å². The molecule has 0 radical (unpaired) electrons. The molecule has 0 aliphatic heterocycles. The minimum atomic E-state index is -0.403. The first-order valence-corrected chi connectivity index (χ1v) is 3.98. The Labute approximate surface area is 110 Å². The van der Waals surface area contributed by atoms with Crippen LogP contribution in [0.2, 0.25) is 10.0 Å². The van der Waals surface area contributed by atoms with Crippen LogP contribution in [0.5, 0.6) is 5.75 Å². The molecular weight excluding hydrogens is 222 g/mol. The molecule has 0 saturated heterocycles. The van der Waals surface area contributed by atoms with Crippen molar-refractivity contribution >= 4 is 29.2 Å². The van der Waals surface area contributed by atoms with Gasteiger partial charge in [-0.3, -0.25) is 4.79 Å². The van der Waals surface area contributed by atoms with Gasteiger partial charge in [0.25, 0.3) is 0 Å². The van der Waals surface area contributed by atoms with Gasteiger partial charge < -0.3 is 6.16 Å². The third-order valence-corrected chi connectivity index (χ3v) is 1.68. The van der Waals surface area contributed by atoms with Crippen LogP contribution in [0.1, 0.15) is 8.35 Å². The average Bonchev–Trinajstić information content (AvgIpc) is 1.94. The van der Waals surface area contributed by atoms with E-state index < -0.39 is 5.97 Å². The van der Waals surface area contributed by atoms with Crippen LogP contribution in [0.15, 0.2) is 18.2 Å². The summed E-state index contributed by atoms with van der Waals surface area (Å²) in [5, 5.41) is 0.841. The predicted octanol–water partition coefficient (Wildman–Crippen LogP) is 0.0352. The van der Waals surface area contributed by atoms with E-state index in [4.69, 9.17) is 27.9 Å². The van der Waals surface area contributed by atoms with Crippen molar-refractivity contribution in [2.45, 2.75) is 6.92 Å². The van der Waals surface area contributed by atoms with E-state index in [2.05, 4.69) is 0 Å². The van der Waals surface area contributed by atoms with Crippen LogP contribution in [0, 0.1) is 0 Å². The van der Waals surface area contributed by atoms with Gasteiger partial charge in [0.2, 0.25) is 0 Å². The standard InChI is InChI=1S/C8H6Cl2O2.Na.H/c1-5(11)12-8-3-2-6(9)4-7(8)10;;/h2-4H,1H3;;/q;+1;-1. The molecule has 0 heterocycles. The van der Waals surface area contributed by atoms with Crippen molar-refractivity contribution in [2.75, 3.05) is 0 Å². The molecule has 0 aliphatic rings. The van der Waals surface area contributed by atoms with Gasteiger partial charge in [-0.25, -0.2) is 0 Å². The molecule has 13 heavy (non-hydrogen) atoms. The fourth-order valence-corrected chi connectivity index (χ4v) is 1.16. The molecule has 1 aromatic rings. The van der Waals surface area contributed by atoms with Gasteiger partial charge >= 0.3 is 35.5 Å². The Hall–Kier alpha value is 0.270. The second-order valence-electron chi connectivity index (χ2n) is 2.17. The zero-order chi connectivity index (χ0) is 9.14. The Morgan fingerprint density at radius 1 is 1.46 bits per heavy atom. The summed E-state index contributed by atoms with van der Waals surface area (Å²) in [7, 11) is 0. The molecule has 0 spiro atoms. The van der Waals surface area contributed by atoms with Gasteiger partial charge in [-0.1, -0.05) is 23.2 Å². The fraction of sp³-hybridized carbons (Fsp3) is 0.125. The van der Waals surface area contributed by atoms with Crippen molar-refractivity contribution in [3.63, 3.8) is 0 Å². The maximum atomic E-state index is 10.5. The summed E-state index contributed by atoms with van der Waals surface area (Å²) < 4.78 is 4.77. The molecular formula is C8H7Cl2NaO2. The molecule has 0 aliphatic carbocycles. The van der Waals surface area contributed by atoms with Gasteiger partial charge in [-0.05, 0) is 18.2 Å². The molecule has 0 fully saturated rings. The minimum Gasteiger partial charge on any atom is -1.00 e. The van der Waals surface area contributed by atoms with Crippen molar-refractivity contribution in [1.82, 2.24) is 0 Å². The maximum Gasteiger partial charge on any atom is 1.00 e. The zero-order valence-corrected chi connectivity index (χ0v) is 10.8. The third kappa shape index (κ3) is 4.34. The fourth-order valence-electron chi connectivity index (χ4n) is 0.713. The number of hydrogen-bond acceptors (Lipinski definition) is 2. The van der Waals surface area contributed by atoms with E-state index in [1.165, 1.54) is 13.0 Å². The van der Waals surface area contributed by atoms with Crippen LogP contribution in [-0.2, 0) is 4.79 Å². The van der Waals surface area contributed by atoms with Crippen LogP contribution < -0.4 is 34.3 Å². The Kier molecular flexibility index (Phi) is 6.01. The summed E-state index contributed by atoms with van der Waals surface area (Å²) in [6.07, 6.45) is 0. The second kappa shape index (κ2) is 5.89. The molecule has 0 N–H and O–H groups in total. The van der Waals surface area contributed by atoms with E-state index in [0.717, 1.165) is 0 Å². The van der Waals surface area contributed by atoms with Crippen molar-refractivity contribution < 1.29 is 40.5 Å². The van der Waals surface area contributed by atoms with E-state index in [-0.39, 0.29) is 31.0 Å². The van der Waals surface area contributed by atoms with Crippen LogP contribution >= 0.6 is 23.2 Å². The number of halogens is 2. The molecule has 0 aromatic heterocycles. The molecule has 1 aromatic carbocycles. The number of esters is 1. The van der Waals surface area contributed by atoms with Gasteiger partial charge in [0.15, 0.2) is 0 Å². The molecule has 0 saturated carbocycles. The normalized spacial score (nSPS) is 8.85. The molecule has 0 bridgehead atoms. The Balaban J connectivity index is 0. The summed E-state index contributed by atoms with van der Waals surface area (Å²) in [6.45, 7) is 1.31. The quantitative estimate of drug-likeness (QED) is 0.386. The first kappa shape index (κ1) is 13.3. The maximum absolute atomic E-state index is 10.5. The summed E-state index contributed by atoms with van der Waals surface area (Å²) in [5.74, 6) is -0.0761. The SMILES string of the molecule is CC(=O)Oc1ccc(Cl)cc1Cl.[H-].[Na+]. The van der Waals surface area contributed by atoms with Gasteiger partial charge in [0.1, 0.15) is 5.75 Å². The minimum absolute atomic E-state index is 0. The van der Waals surface area contributed by atoms with E-state index in [9.17, 15) is 4.79 Å². The number of carbonyl (C=O) groups excluding carboxylic acids is 1. The molecule has 1 rings (SSSR count). The van der Waals surface area contributed by atoms with Gasteiger partial charge in [-0.2, -0.15) is 0 Å². The summed E-state index contributed by atoms with van der Waals surface area (Å²) >= 11 is 11.3. The van der Waals surface area contributed by atoms with Crippen LogP contribution in [-0.4, -0.2) is 5.97 Å². The summed E-state index contributed by atoms with van der Waals surface area (Å²) in [6, 6.07) is 4.67. The first-order valence-electron chi connectivity index (χ1n) is 3.23. The largest absolute Gasteiger partial charge is 1.00 e. The predicted molar refractivity (Wildman–Crippen MR) is 48.9 cm³/mol. The number of benzene rings is 1. The molecule has 5 heteroatoms. The van der Waals surface area contributed by atoms with E-state index in [0.29, 0.717) is 15.8 Å². The van der Waals surface area contributed by atoms with Crippen LogP contribution in [0.4, 0.5) is 0 Å².